The van der Waals surface area contributed by atoms with Crippen LogP contribution in [0.3, 0.4) is 0 Å². The lowest BCUT2D eigenvalue weighted by atomic mass is 9.83. The van der Waals surface area contributed by atoms with Gasteiger partial charge in [-0.25, -0.2) is 0 Å². The molecule has 25 nitrogen and oxygen atoms in total. The fraction of sp³-hybridized carbons (Fsp3) is 0.737. The van der Waals surface area contributed by atoms with Crippen LogP contribution in [0.15, 0.2) is 4.99 Å². The monoisotopic (exact) mass is 890 g/mol. The van der Waals surface area contributed by atoms with Crippen molar-refractivity contribution in [3.63, 3.8) is 0 Å². The second kappa shape index (κ2) is 24.3. The summed E-state index contributed by atoms with van der Waals surface area (Å²) in [5.74, 6) is -8.65. The number of rotatable bonds is 15. The van der Waals surface area contributed by atoms with Crippen molar-refractivity contribution in [3.8, 4) is 0 Å². The molecule has 0 aliphatic carbocycles. The molecule has 0 aromatic rings. The molecule has 4 saturated heterocycles. The van der Waals surface area contributed by atoms with Gasteiger partial charge in [0.05, 0.1) is 31.1 Å². The lowest BCUT2D eigenvalue weighted by Gasteiger charge is -2.42. The number of carbonyl (C=O) groups excluding carboxylic acids is 9. The molecule has 0 aromatic carbocycles. The van der Waals surface area contributed by atoms with Gasteiger partial charge in [0.2, 0.25) is 35.4 Å². The molecule has 0 unspecified atom stereocenters. The topological polar surface area (TPSA) is 364 Å². The molecule has 6 amide bonds. The first kappa shape index (κ1) is 50.0. The Labute approximate surface area is 364 Å². The Balaban J connectivity index is 1.52. The lowest BCUT2D eigenvalue weighted by molar-refractivity contribution is -0.308. The largest absolute Gasteiger partial charge is 0.549 e. The van der Waals surface area contributed by atoms with Gasteiger partial charge in [-0.05, 0) is 44.4 Å². The zero-order chi connectivity index (χ0) is 46.2. The molecular formula is C38H60N13O12-3. The summed E-state index contributed by atoms with van der Waals surface area (Å²) in [6, 6.07) is -4.95. The molecule has 25 heteroatoms. The van der Waals surface area contributed by atoms with E-state index in [1.54, 1.807) is 21.6 Å². The molecule has 9 N–H and O–H groups in total. The number of nitrogens with zero attached hydrogens (tertiary/aromatic N) is 6. The highest BCUT2D eigenvalue weighted by atomic mass is 16.4. The minimum atomic E-state index is -1.34. The highest BCUT2D eigenvalue weighted by Gasteiger charge is 2.51. The van der Waals surface area contributed by atoms with Crippen molar-refractivity contribution in [1.82, 2.24) is 51.1 Å². The first-order chi connectivity index (χ1) is 29.9. The van der Waals surface area contributed by atoms with E-state index in [4.69, 9.17) is 11.5 Å². The quantitative estimate of drug-likeness (QED) is 0.0456. The minimum Gasteiger partial charge on any atom is -0.549 e. The van der Waals surface area contributed by atoms with Gasteiger partial charge in [0.1, 0.15) is 24.2 Å². The van der Waals surface area contributed by atoms with Gasteiger partial charge in [0.25, 0.3) is 0 Å². The predicted octanol–water partition coefficient (Wildman–Crippen LogP) is -9.65. The molecule has 352 valence electrons. The Bertz CT molecular complexity index is 1680. The molecule has 6 atom stereocenters. The van der Waals surface area contributed by atoms with Gasteiger partial charge in [-0.2, -0.15) is 0 Å². The third kappa shape index (κ3) is 15.9. The van der Waals surface area contributed by atoms with Crippen LogP contribution in [0.25, 0.3) is 0 Å². The summed E-state index contributed by atoms with van der Waals surface area (Å²) in [6.45, 7) is 1.22. The van der Waals surface area contributed by atoms with Gasteiger partial charge in [-0.3, -0.25) is 53.4 Å². The molecule has 0 saturated carbocycles. The Morgan fingerprint density at radius 3 is 1.81 bits per heavy atom. The molecule has 4 heterocycles. The normalized spacial score (nSPS) is 26.6. The Kier molecular flexibility index (Phi) is 19.2. The average Bonchev–Trinajstić information content (AvgIpc) is 3.64. The number of aliphatic imine (C=N–C) groups is 1. The molecule has 4 rings (SSSR count). The second-order valence-corrected chi connectivity index (χ2v) is 16.3. The first-order valence-corrected chi connectivity index (χ1v) is 21.2. The maximum absolute atomic E-state index is 14.4. The SMILES string of the molecule is CC[C@@H]1NC(=O)CNC(=O)[C@H](CCCN=C(N)N)NC(=O)[C@@H]2CC[C@H]3C[C@@H](CC(=O)NCN4CCN(CC(=O)[O-])CCN(CC(=O)[O-])CCN(CC(=O)[O-])CC4)[C@@H](NC1=O)C(=O)N32. The van der Waals surface area contributed by atoms with Gasteiger partial charge >= 0.3 is 0 Å². The minimum absolute atomic E-state index is 0.0622. The van der Waals surface area contributed by atoms with Crippen molar-refractivity contribution in [2.75, 3.05) is 91.8 Å². The summed E-state index contributed by atoms with van der Waals surface area (Å²) in [7, 11) is 0. The number of carboxylic acids is 3. The number of hydrogen-bond acceptors (Lipinski definition) is 17. The van der Waals surface area contributed by atoms with Crippen molar-refractivity contribution < 1.29 is 58.5 Å². The van der Waals surface area contributed by atoms with Crippen molar-refractivity contribution in [2.45, 2.75) is 82.1 Å². The summed E-state index contributed by atoms with van der Waals surface area (Å²) in [5.41, 5.74) is 10.8. The Hall–Kier alpha value is -5.66. The van der Waals surface area contributed by atoms with E-state index in [0.29, 0.717) is 12.8 Å². The first-order valence-electron chi connectivity index (χ1n) is 21.2. The maximum atomic E-state index is 14.4. The highest BCUT2D eigenvalue weighted by Crippen LogP contribution is 2.37. The zero-order valence-electron chi connectivity index (χ0n) is 35.6. The summed E-state index contributed by atoms with van der Waals surface area (Å²) in [4.78, 5) is 128. The van der Waals surface area contributed by atoms with E-state index in [1.807, 2.05) is 0 Å². The average molecular weight is 891 g/mol. The van der Waals surface area contributed by atoms with Crippen molar-refractivity contribution >= 4 is 59.3 Å². The summed E-state index contributed by atoms with van der Waals surface area (Å²) in [5, 5.41) is 47.9. The van der Waals surface area contributed by atoms with Crippen LogP contribution in [0.1, 0.15) is 51.9 Å². The molecule has 0 spiro atoms. The zero-order valence-corrected chi connectivity index (χ0v) is 35.6. The van der Waals surface area contributed by atoms with Gasteiger partial charge < -0.3 is 72.7 Å². The fourth-order valence-electron chi connectivity index (χ4n) is 8.39. The second-order valence-electron chi connectivity index (χ2n) is 16.3. The predicted molar refractivity (Wildman–Crippen MR) is 214 cm³/mol. The van der Waals surface area contributed by atoms with Gasteiger partial charge in [0, 0.05) is 91.0 Å². The molecule has 4 aliphatic rings. The lowest BCUT2D eigenvalue weighted by Crippen LogP contribution is -2.64. The van der Waals surface area contributed by atoms with Crippen LogP contribution in [0.4, 0.5) is 0 Å². The standard InChI is InChI=1S/C38H63N13O12/c1-2-25-35(61)46-33-23(16-24-5-6-27(51(24)37(33)63)36(62)45-26(4-3-7-41-38(39)40)34(60)42-18-29(53)44-25)17-28(52)43-22-50-14-12-48(20-31(56)57)10-8-47(19-30(54)55)9-11-49(13-15-50)21-32(58)59/h23-27,33H,2-22H2,1H3,(H,42,60)(H,43,52)(H,44,53)(H,45,62)(H,46,61)(H,54,55)(H,56,57)(H,58,59)(H4,39,40,41)/p-3/t23-,24-,25-,26-,27-,33+/m0/s1. The van der Waals surface area contributed by atoms with E-state index >= 15 is 0 Å². The van der Waals surface area contributed by atoms with Crippen LogP contribution in [-0.2, 0) is 43.2 Å². The van der Waals surface area contributed by atoms with Crippen molar-refractivity contribution in [1.29, 1.82) is 0 Å². The summed E-state index contributed by atoms with van der Waals surface area (Å²) < 4.78 is 0. The third-order valence-corrected chi connectivity index (χ3v) is 11.7. The Morgan fingerprint density at radius 2 is 1.29 bits per heavy atom. The van der Waals surface area contributed by atoms with Crippen LogP contribution in [0, 0.1) is 5.92 Å². The van der Waals surface area contributed by atoms with E-state index in [2.05, 4.69) is 31.6 Å². The number of amides is 6. The summed E-state index contributed by atoms with van der Waals surface area (Å²) in [6.07, 6.45) is 1.18. The smallest absolute Gasteiger partial charge is 0.246 e. The number of hydrogen-bond donors (Lipinski definition) is 7. The van der Waals surface area contributed by atoms with Crippen molar-refractivity contribution in [2.24, 2.45) is 22.4 Å². The molecular weight excluding hydrogens is 830 g/mol. The number of nitrogens with one attached hydrogen (secondary N) is 5. The number of fused-ring (bicyclic) bond motifs is 1. The number of guanidine groups is 1. The molecule has 63 heavy (non-hydrogen) atoms. The number of carbonyl (C=O) groups is 9. The van der Waals surface area contributed by atoms with Crippen LogP contribution in [0.5, 0.6) is 0 Å². The number of nitrogens with two attached hydrogens (primary N) is 2. The maximum Gasteiger partial charge on any atom is 0.246 e. The number of aliphatic carboxylic acids is 3. The van der Waals surface area contributed by atoms with Gasteiger partial charge in [-0.1, -0.05) is 6.92 Å². The van der Waals surface area contributed by atoms with Crippen LogP contribution >= 0.6 is 0 Å². The summed E-state index contributed by atoms with van der Waals surface area (Å²) >= 11 is 0. The van der Waals surface area contributed by atoms with Gasteiger partial charge in [0.15, 0.2) is 5.96 Å². The van der Waals surface area contributed by atoms with Crippen LogP contribution in [-0.4, -0.2) is 206 Å². The van der Waals surface area contributed by atoms with E-state index in [0.717, 1.165) is 0 Å². The molecule has 2 bridgehead atoms. The van der Waals surface area contributed by atoms with E-state index < -0.39 is 116 Å². The van der Waals surface area contributed by atoms with Crippen LogP contribution < -0.4 is 53.4 Å². The molecule has 0 radical (unpaired) electrons. The molecule has 4 fully saturated rings. The number of piperidine rings is 1. The van der Waals surface area contributed by atoms with E-state index in [-0.39, 0.29) is 104 Å². The van der Waals surface area contributed by atoms with Gasteiger partial charge in [-0.15, -0.1) is 0 Å². The van der Waals surface area contributed by atoms with E-state index in [9.17, 15) is 58.5 Å². The molecule has 0 aromatic heterocycles. The van der Waals surface area contributed by atoms with E-state index in [1.165, 1.54) is 9.80 Å². The Morgan fingerprint density at radius 1 is 0.730 bits per heavy atom. The highest BCUT2D eigenvalue weighted by molar-refractivity contribution is 5.98. The number of carboxylic acid groups (broad SMARTS) is 3. The molecule has 4 aliphatic heterocycles. The third-order valence-electron chi connectivity index (χ3n) is 11.7. The fourth-order valence-corrected chi connectivity index (χ4v) is 8.39. The van der Waals surface area contributed by atoms with Crippen LogP contribution in [0.2, 0.25) is 0 Å². The van der Waals surface area contributed by atoms with Crippen molar-refractivity contribution in [3.05, 3.63) is 0 Å².